The number of piperidine rings is 2. The highest BCUT2D eigenvalue weighted by Gasteiger charge is 2.29. The van der Waals surface area contributed by atoms with E-state index < -0.39 is 0 Å². The lowest BCUT2D eigenvalue weighted by Crippen LogP contribution is -2.31. The Morgan fingerprint density at radius 3 is 1.98 bits per heavy atom. The molecule has 2 aliphatic heterocycles. The third-order valence-corrected chi connectivity index (χ3v) is 8.99. The molecule has 0 radical (unpaired) electrons. The van der Waals surface area contributed by atoms with Gasteiger partial charge < -0.3 is 21.0 Å². The molecule has 214 valence electrons. The molecular weight excluding hydrogens is 524 g/mol. The molecule has 2 unspecified atom stereocenters. The molecule has 8 heteroatoms. The van der Waals surface area contributed by atoms with Crippen molar-refractivity contribution in [2.75, 3.05) is 19.6 Å². The minimum absolute atomic E-state index is 0.183. The number of nitrogens with one attached hydrogen (secondary N) is 2. The van der Waals surface area contributed by atoms with Gasteiger partial charge in [-0.25, -0.2) is 0 Å². The molecule has 3 aromatic carbocycles. The predicted molar refractivity (Wildman–Crippen MR) is 163 cm³/mol. The summed E-state index contributed by atoms with van der Waals surface area (Å²) in [4.78, 5) is 2.06. The van der Waals surface area contributed by atoms with E-state index >= 15 is 0 Å². The van der Waals surface area contributed by atoms with Gasteiger partial charge >= 0.3 is 0 Å². The predicted octanol–water partition coefficient (Wildman–Crippen LogP) is 6.23. The first-order chi connectivity index (χ1) is 20.7. The van der Waals surface area contributed by atoms with Crippen molar-refractivity contribution in [3.63, 3.8) is 0 Å². The van der Waals surface area contributed by atoms with Gasteiger partial charge in [0.25, 0.3) is 0 Å². The summed E-state index contributed by atoms with van der Waals surface area (Å²) in [6, 6.07) is 27.3. The molecule has 2 aromatic heterocycles. The fourth-order valence-electron chi connectivity index (χ4n) is 6.83. The number of hydrogen-bond donors (Lipinski definition) is 4. The van der Waals surface area contributed by atoms with Gasteiger partial charge in [-0.2, -0.15) is 0 Å². The monoisotopic (exact) mass is 560 g/mol. The third kappa shape index (κ3) is 5.08. The molecule has 2 atom stereocenters. The SMILES string of the molecule is On1ncc(C2CCNCC2)c1-c1cccc(-c2cccc(C3CC(c4cnn(O)c4-c4ccccc4)CCN3)c2)c1. The number of hydrogen-bond acceptors (Lipinski definition) is 6. The topological polar surface area (TPSA) is 100 Å². The van der Waals surface area contributed by atoms with E-state index in [0.717, 1.165) is 99.8 Å². The molecule has 2 fully saturated rings. The molecule has 7 rings (SSSR count). The van der Waals surface area contributed by atoms with Gasteiger partial charge in [0.05, 0.1) is 12.4 Å². The van der Waals surface area contributed by atoms with Crippen molar-refractivity contribution in [2.45, 2.75) is 43.6 Å². The summed E-state index contributed by atoms with van der Waals surface area (Å²) >= 11 is 0. The summed E-state index contributed by atoms with van der Waals surface area (Å²) in [7, 11) is 0. The molecule has 42 heavy (non-hydrogen) atoms. The fraction of sp³-hybridized carbons (Fsp3) is 0.294. The first kappa shape index (κ1) is 26.5. The molecule has 4 N–H and O–H groups in total. The lowest BCUT2D eigenvalue weighted by Gasteiger charge is -2.31. The highest BCUT2D eigenvalue weighted by molar-refractivity contribution is 5.73. The van der Waals surface area contributed by atoms with Crippen LogP contribution in [0.2, 0.25) is 0 Å². The van der Waals surface area contributed by atoms with E-state index in [1.165, 1.54) is 5.56 Å². The Labute approximate surface area is 245 Å². The number of nitrogens with zero attached hydrogens (tertiary/aromatic N) is 4. The Kier molecular flexibility index (Phi) is 7.23. The molecule has 0 bridgehead atoms. The van der Waals surface area contributed by atoms with Gasteiger partial charge in [0.2, 0.25) is 0 Å². The molecule has 0 amide bonds. The van der Waals surface area contributed by atoms with Crippen molar-refractivity contribution < 1.29 is 10.4 Å². The van der Waals surface area contributed by atoms with E-state index in [2.05, 4.69) is 69.4 Å². The van der Waals surface area contributed by atoms with Crippen LogP contribution in [-0.2, 0) is 0 Å². The van der Waals surface area contributed by atoms with Gasteiger partial charge in [0, 0.05) is 28.3 Å². The standard InChI is InChI=1S/C34H36N6O2/c41-39-33(24-6-2-1-3-7-24)31(22-38-39)27-14-17-36-32(20-27)28-10-4-8-25(18-28)26-9-5-11-29(19-26)34-30(21-37-40(34)42)23-12-15-35-16-13-23/h1-11,18-19,21-23,27,32,35-36,41-42H,12-17,20H2. The first-order valence-corrected chi connectivity index (χ1v) is 14.9. The van der Waals surface area contributed by atoms with Gasteiger partial charge in [-0.05, 0) is 86.0 Å². The third-order valence-electron chi connectivity index (χ3n) is 8.99. The summed E-state index contributed by atoms with van der Waals surface area (Å²) in [6.07, 6.45) is 7.63. The van der Waals surface area contributed by atoms with Crippen LogP contribution in [0.15, 0.2) is 91.3 Å². The summed E-state index contributed by atoms with van der Waals surface area (Å²) in [6.45, 7) is 2.86. The quantitative estimate of drug-likeness (QED) is 0.184. The number of rotatable bonds is 6. The minimum Gasteiger partial charge on any atom is -0.411 e. The highest BCUT2D eigenvalue weighted by Crippen LogP contribution is 2.40. The summed E-state index contributed by atoms with van der Waals surface area (Å²) < 4.78 is 0. The van der Waals surface area contributed by atoms with E-state index in [4.69, 9.17) is 0 Å². The number of aromatic nitrogens is 4. The van der Waals surface area contributed by atoms with Crippen LogP contribution in [0.5, 0.6) is 0 Å². The molecule has 0 aliphatic carbocycles. The maximum absolute atomic E-state index is 10.7. The maximum atomic E-state index is 10.7. The van der Waals surface area contributed by atoms with Gasteiger partial charge in [-0.3, -0.25) is 0 Å². The van der Waals surface area contributed by atoms with Gasteiger partial charge in [0.1, 0.15) is 11.4 Å². The second-order valence-electron chi connectivity index (χ2n) is 11.5. The van der Waals surface area contributed by atoms with Crippen LogP contribution in [0.4, 0.5) is 0 Å². The summed E-state index contributed by atoms with van der Waals surface area (Å²) in [5.74, 6) is 0.664. The first-order valence-electron chi connectivity index (χ1n) is 14.9. The van der Waals surface area contributed by atoms with E-state index in [-0.39, 0.29) is 12.0 Å². The van der Waals surface area contributed by atoms with Gasteiger partial charge in [0.15, 0.2) is 0 Å². The van der Waals surface area contributed by atoms with Crippen LogP contribution >= 0.6 is 0 Å². The van der Waals surface area contributed by atoms with Crippen LogP contribution < -0.4 is 10.6 Å². The zero-order valence-corrected chi connectivity index (χ0v) is 23.5. The van der Waals surface area contributed by atoms with Crippen LogP contribution in [0.3, 0.4) is 0 Å². The highest BCUT2D eigenvalue weighted by atomic mass is 16.5. The summed E-state index contributed by atoms with van der Waals surface area (Å²) in [5, 5.41) is 36.8. The molecule has 0 saturated carbocycles. The average Bonchev–Trinajstić information content (AvgIpc) is 3.64. The largest absolute Gasteiger partial charge is 0.411 e. The Morgan fingerprint density at radius 1 is 0.619 bits per heavy atom. The van der Waals surface area contributed by atoms with E-state index in [9.17, 15) is 10.4 Å². The minimum atomic E-state index is 0.183. The van der Waals surface area contributed by atoms with E-state index in [1.807, 2.05) is 42.7 Å². The van der Waals surface area contributed by atoms with Crippen LogP contribution in [-0.4, -0.2) is 49.9 Å². The van der Waals surface area contributed by atoms with E-state index in [1.54, 1.807) is 0 Å². The normalized spacial score (nSPS) is 19.6. The van der Waals surface area contributed by atoms with Crippen molar-refractivity contribution in [1.29, 1.82) is 0 Å². The van der Waals surface area contributed by atoms with Crippen molar-refractivity contribution in [2.24, 2.45) is 0 Å². The lowest BCUT2D eigenvalue weighted by molar-refractivity contribution is 0.153. The number of benzene rings is 3. The lowest BCUT2D eigenvalue weighted by atomic mass is 9.83. The zero-order chi connectivity index (χ0) is 28.5. The molecule has 2 aliphatic rings. The molecule has 2 saturated heterocycles. The molecular formula is C34H36N6O2. The van der Waals surface area contributed by atoms with E-state index in [0.29, 0.717) is 5.92 Å². The van der Waals surface area contributed by atoms with Crippen molar-refractivity contribution in [3.05, 3.63) is 108 Å². The van der Waals surface area contributed by atoms with Crippen molar-refractivity contribution in [1.82, 2.24) is 30.5 Å². The van der Waals surface area contributed by atoms with Crippen LogP contribution in [0, 0.1) is 0 Å². The van der Waals surface area contributed by atoms with Crippen molar-refractivity contribution >= 4 is 0 Å². The Balaban J connectivity index is 1.16. The Morgan fingerprint density at radius 2 is 1.21 bits per heavy atom. The molecule has 5 aromatic rings. The van der Waals surface area contributed by atoms with Crippen LogP contribution in [0.1, 0.15) is 60.3 Å². The fourth-order valence-corrected chi connectivity index (χ4v) is 6.83. The van der Waals surface area contributed by atoms with Crippen molar-refractivity contribution in [3.8, 4) is 33.6 Å². The Bertz CT molecular complexity index is 1670. The Hall–Kier alpha value is -4.40. The molecule has 8 nitrogen and oxygen atoms in total. The van der Waals surface area contributed by atoms with Crippen LogP contribution in [0.25, 0.3) is 33.6 Å². The molecule has 4 heterocycles. The van der Waals surface area contributed by atoms with Gasteiger partial charge in [-0.15, -0.1) is 19.9 Å². The second-order valence-corrected chi connectivity index (χ2v) is 11.5. The van der Waals surface area contributed by atoms with Gasteiger partial charge in [-0.1, -0.05) is 66.7 Å². The zero-order valence-electron chi connectivity index (χ0n) is 23.5. The second kappa shape index (κ2) is 11.5. The average molecular weight is 561 g/mol. The molecule has 0 spiro atoms. The maximum Gasteiger partial charge on any atom is 0.113 e. The smallest absolute Gasteiger partial charge is 0.113 e. The summed E-state index contributed by atoms with van der Waals surface area (Å²) in [5.41, 5.74) is 9.18.